The summed E-state index contributed by atoms with van der Waals surface area (Å²) in [5.41, 5.74) is 4.72. The van der Waals surface area contributed by atoms with Crippen LogP contribution in [0.3, 0.4) is 0 Å². The Hall–Kier alpha value is -3.58. The lowest BCUT2D eigenvalue weighted by atomic mass is 10.1. The summed E-state index contributed by atoms with van der Waals surface area (Å²) >= 11 is 0. The largest absolute Gasteiger partial charge is 0.495 e. The number of nitrogens with zero attached hydrogens (tertiary/aromatic N) is 4. The lowest BCUT2D eigenvalue weighted by Gasteiger charge is -2.13. The number of hydrogen-bond donors (Lipinski definition) is 1. The minimum absolute atomic E-state index is 0. The number of ether oxygens (including phenoxy) is 2. The average Bonchev–Trinajstić information content (AvgIpc) is 3.40. The standard InChI is InChI=1S/C23H21N5O2.ClH/c1-15-12-28(14-24-15)20-9-7-16(11-22(20)29-2)18-8-10-23(27-26-18)25-19-13-30-21-6-4-3-5-17(19)21;/h3-12,14,19H,13H2,1-2H3,(H,25,27);1H. The molecule has 31 heavy (non-hydrogen) atoms. The van der Waals surface area contributed by atoms with Gasteiger partial charge in [0.1, 0.15) is 23.9 Å². The molecule has 2 aromatic heterocycles. The first kappa shape index (κ1) is 20.7. The fourth-order valence-corrected chi connectivity index (χ4v) is 3.63. The van der Waals surface area contributed by atoms with Crippen LogP contribution in [0.25, 0.3) is 16.9 Å². The van der Waals surface area contributed by atoms with E-state index in [0.29, 0.717) is 12.4 Å². The van der Waals surface area contributed by atoms with Crippen LogP contribution in [0.2, 0.25) is 0 Å². The molecule has 1 atom stereocenters. The number of nitrogens with one attached hydrogen (secondary N) is 1. The van der Waals surface area contributed by atoms with Crippen molar-refractivity contribution in [2.24, 2.45) is 0 Å². The van der Waals surface area contributed by atoms with Crippen LogP contribution in [-0.4, -0.2) is 33.5 Å². The second-order valence-electron chi connectivity index (χ2n) is 7.16. The summed E-state index contributed by atoms with van der Waals surface area (Å²) in [6, 6.07) is 18.0. The van der Waals surface area contributed by atoms with Crippen molar-refractivity contribution in [3.63, 3.8) is 0 Å². The van der Waals surface area contributed by atoms with Gasteiger partial charge in [0.25, 0.3) is 0 Å². The van der Waals surface area contributed by atoms with Crippen molar-refractivity contribution in [1.29, 1.82) is 0 Å². The monoisotopic (exact) mass is 435 g/mol. The van der Waals surface area contributed by atoms with Crippen molar-refractivity contribution in [1.82, 2.24) is 19.7 Å². The highest BCUT2D eigenvalue weighted by atomic mass is 35.5. The minimum atomic E-state index is 0. The highest BCUT2D eigenvalue weighted by Gasteiger charge is 2.23. The SMILES string of the molecule is COc1cc(-c2ccc(NC3COc4ccccc43)nn2)ccc1-n1cnc(C)c1.Cl. The Kier molecular flexibility index (Phi) is 5.77. The normalized spacial score (nSPS) is 14.3. The number of aromatic nitrogens is 4. The lowest BCUT2D eigenvalue weighted by molar-refractivity contribution is 0.339. The predicted octanol–water partition coefficient (Wildman–Crippen LogP) is 4.61. The Balaban J connectivity index is 0.00000231. The molecule has 158 valence electrons. The van der Waals surface area contributed by atoms with Gasteiger partial charge in [-0.25, -0.2) is 4.98 Å². The first-order chi connectivity index (χ1) is 14.7. The van der Waals surface area contributed by atoms with Gasteiger partial charge < -0.3 is 19.4 Å². The number of imidazole rings is 1. The highest BCUT2D eigenvalue weighted by molar-refractivity contribution is 5.85. The minimum Gasteiger partial charge on any atom is -0.495 e. The Morgan fingerprint density at radius 2 is 1.97 bits per heavy atom. The van der Waals surface area contributed by atoms with Crippen molar-refractivity contribution in [3.8, 4) is 28.4 Å². The molecular formula is C23H22ClN5O2. The van der Waals surface area contributed by atoms with Crippen LogP contribution in [-0.2, 0) is 0 Å². The van der Waals surface area contributed by atoms with Gasteiger partial charge in [-0.3, -0.25) is 0 Å². The number of hydrogen-bond acceptors (Lipinski definition) is 6. The van der Waals surface area contributed by atoms with Gasteiger partial charge in [0.2, 0.25) is 0 Å². The summed E-state index contributed by atoms with van der Waals surface area (Å²) in [5, 5.41) is 12.2. The molecule has 1 aliphatic heterocycles. The smallest absolute Gasteiger partial charge is 0.149 e. The van der Waals surface area contributed by atoms with Crippen LogP contribution in [0.15, 0.2) is 67.1 Å². The first-order valence-corrected chi connectivity index (χ1v) is 9.72. The van der Waals surface area contributed by atoms with Gasteiger partial charge in [-0.1, -0.05) is 24.3 Å². The van der Waals surface area contributed by atoms with Gasteiger partial charge >= 0.3 is 0 Å². The topological polar surface area (TPSA) is 74.1 Å². The molecule has 4 aromatic rings. The zero-order chi connectivity index (χ0) is 20.5. The summed E-state index contributed by atoms with van der Waals surface area (Å²) in [5.74, 6) is 2.37. The van der Waals surface area contributed by atoms with Crippen molar-refractivity contribution >= 4 is 18.2 Å². The molecule has 0 aliphatic carbocycles. The Labute approximate surface area is 186 Å². The van der Waals surface area contributed by atoms with Crippen molar-refractivity contribution in [3.05, 3.63) is 78.4 Å². The van der Waals surface area contributed by atoms with Gasteiger partial charge in [-0.2, -0.15) is 0 Å². The number of anilines is 1. The third kappa shape index (κ3) is 4.04. The second-order valence-corrected chi connectivity index (χ2v) is 7.16. The maximum Gasteiger partial charge on any atom is 0.149 e. The van der Waals surface area contributed by atoms with Crippen molar-refractivity contribution in [2.45, 2.75) is 13.0 Å². The van der Waals surface area contributed by atoms with Crippen LogP contribution in [0.1, 0.15) is 17.3 Å². The van der Waals surface area contributed by atoms with Crippen LogP contribution >= 0.6 is 12.4 Å². The Bertz CT molecular complexity index is 1190. The lowest BCUT2D eigenvalue weighted by Crippen LogP contribution is -2.13. The number of aryl methyl sites for hydroxylation is 1. The van der Waals surface area contributed by atoms with Gasteiger partial charge in [-0.05, 0) is 37.3 Å². The molecule has 0 saturated heterocycles. The zero-order valence-electron chi connectivity index (χ0n) is 17.1. The Morgan fingerprint density at radius 1 is 1.10 bits per heavy atom. The molecule has 2 aromatic carbocycles. The van der Waals surface area contributed by atoms with Crippen LogP contribution in [0.5, 0.6) is 11.5 Å². The molecule has 1 aliphatic rings. The number of methoxy groups -OCH3 is 1. The van der Waals surface area contributed by atoms with E-state index in [2.05, 4.69) is 26.6 Å². The number of halogens is 1. The third-order valence-electron chi connectivity index (χ3n) is 5.15. The molecule has 5 rings (SSSR count). The Morgan fingerprint density at radius 3 is 2.71 bits per heavy atom. The molecule has 8 heteroatoms. The molecule has 0 saturated carbocycles. The van der Waals surface area contributed by atoms with E-state index >= 15 is 0 Å². The predicted molar refractivity (Wildman–Crippen MR) is 121 cm³/mol. The first-order valence-electron chi connectivity index (χ1n) is 9.72. The fraction of sp³-hybridized carbons (Fsp3) is 0.174. The fourth-order valence-electron chi connectivity index (χ4n) is 3.63. The van der Waals surface area contributed by atoms with E-state index in [9.17, 15) is 0 Å². The highest BCUT2D eigenvalue weighted by Crippen LogP contribution is 2.34. The molecule has 0 spiro atoms. The van der Waals surface area contributed by atoms with Crippen molar-refractivity contribution in [2.75, 3.05) is 19.0 Å². The van der Waals surface area contributed by atoms with Gasteiger partial charge in [0.05, 0.1) is 36.6 Å². The van der Waals surface area contributed by atoms with Gasteiger partial charge in [0, 0.05) is 17.3 Å². The molecule has 1 unspecified atom stereocenters. The second kappa shape index (κ2) is 8.65. The van der Waals surface area contributed by atoms with E-state index in [0.717, 1.165) is 39.7 Å². The number of benzene rings is 2. The van der Waals surface area contributed by atoms with Gasteiger partial charge in [-0.15, -0.1) is 22.6 Å². The van der Waals surface area contributed by atoms with E-state index in [-0.39, 0.29) is 18.4 Å². The molecule has 0 radical (unpaired) electrons. The van der Waals surface area contributed by atoms with E-state index in [1.165, 1.54) is 0 Å². The molecule has 7 nitrogen and oxygen atoms in total. The van der Waals surface area contributed by atoms with Crippen LogP contribution in [0, 0.1) is 6.92 Å². The molecular weight excluding hydrogens is 414 g/mol. The van der Waals surface area contributed by atoms with Crippen LogP contribution in [0.4, 0.5) is 5.82 Å². The van der Waals surface area contributed by atoms with E-state index in [1.54, 1.807) is 13.4 Å². The third-order valence-corrected chi connectivity index (χ3v) is 5.15. The number of fused-ring (bicyclic) bond motifs is 1. The summed E-state index contributed by atoms with van der Waals surface area (Å²) < 4.78 is 13.3. The van der Waals surface area contributed by atoms with E-state index < -0.39 is 0 Å². The molecule has 0 fully saturated rings. The van der Waals surface area contributed by atoms with Gasteiger partial charge in [0.15, 0.2) is 0 Å². The summed E-state index contributed by atoms with van der Waals surface area (Å²) in [6.07, 6.45) is 3.74. The van der Waals surface area contributed by atoms with E-state index in [4.69, 9.17) is 9.47 Å². The zero-order valence-corrected chi connectivity index (χ0v) is 18.0. The molecule has 0 bridgehead atoms. The molecule has 1 N–H and O–H groups in total. The van der Waals surface area contributed by atoms with E-state index in [1.807, 2.05) is 66.2 Å². The maximum atomic E-state index is 5.72. The summed E-state index contributed by atoms with van der Waals surface area (Å²) in [4.78, 5) is 4.28. The number of rotatable bonds is 5. The molecule has 0 amide bonds. The summed E-state index contributed by atoms with van der Waals surface area (Å²) in [6.45, 7) is 2.54. The quantitative estimate of drug-likeness (QED) is 0.493. The van der Waals surface area contributed by atoms with Crippen LogP contribution < -0.4 is 14.8 Å². The number of para-hydroxylation sites is 1. The maximum absolute atomic E-state index is 5.72. The van der Waals surface area contributed by atoms with Crippen molar-refractivity contribution < 1.29 is 9.47 Å². The average molecular weight is 436 g/mol. The summed E-state index contributed by atoms with van der Waals surface area (Å²) in [7, 11) is 1.66. The molecule has 3 heterocycles.